The molecule has 0 rings (SSSR count). The van der Waals surface area contributed by atoms with Crippen LogP contribution in [0, 0.1) is 5.92 Å². The molecule has 0 aromatic rings. The number of carboxylic acids is 1. The van der Waals surface area contributed by atoms with Crippen LogP contribution in [0.5, 0.6) is 0 Å². The van der Waals surface area contributed by atoms with Crippen LogP contribution in [0.15, 0.2) is 0 Å². The first kappa shape index (κ1) is 11.9. The van der Waals surface area contributed by atoms with Gasteiger partial charge in [0, 0.05) is 0 Å². The van der Waals surface area contributed by atoms with Crippen LogP contribution in [0.4, 0.5) is 0 Å². The molecule has 5 heteroatoms. The number of aliphatic carboxylic acids is 1. The minimum absolute atomic E-state index is 0.0859. The Kier molecular flexibility index (Phi) is 5.06. The lowest BCUT2D eigenvalue weighted by Crippen LogP contribution is -2.41. The van der Waals surface area contributed by atoms with Crippen LogP contribution >= 0.6 is 0 Å². The van der Waals surface area contributed by atoms with Gasteiger partial charge in [-0.15, -0.1) is 0 Å². The molecule has 0 aliphatic carbocycles. The van der Waals surface area contributed by atoms with Crippen molar-refractivity contribution in [2.24, 2.45) is 5.92 Å². The minimum atomic E-state index is -1.17. The third-order valence-electron chi connectivity index (χ3n) is 1.66. The van der Waals surface area contributed by atoms with E-state index in [0.29, 0.717) is 0 Å². The van der Waals surface area contributed by atoms with E-state index in [1.54, 1.807) is 0 Å². The van der Waals surface area contributed by atoms with E-state index in [0.717, 1.165) is 0 Å². The first-order valence-corrected chi connectivity index (χ1v) is 4.09. The Morgan fingerprint density at radius 3 is 2.23 bits per heavy atom. The summed E-state index contributed by atoms with van der Waals surface area (Å²) in [5.41, 5.74) is 0. The van der Waals surface area contributed by atoms with Crippen LogP contribution in [0.2, 0.25) is 0 Å². The number of amides is 1. The highest BCUT2D eigenvalue weighted by atomic mass is 16.4. The van der Waals surface area contributed by atoms with Crippen molar-refractivity contribution < 1.29 is 19.8 Å². The summed E-state index contributed by atoms with van der Waals surface area (Å²) in [5.74, 6) is -1.65. The second kappa shape index (κ2) is 5.53. The molecule has 5 nitrogen and oxygen atoms in total. The lowest BCUT2D eigenvalue weighted by Gasteiger charge is -2.19. The second-order valence-corrected chi connectivity index (χ2v) is 3.17. The van der Waals surface area contributed by atoms with Gasteiger partial charge in [0.2, 0.25) is 5.91 Å². The largest absolute Gasteiger partial charge is 0.481 e. The first-order chi connectivity index (χ1) is 5.97. The van der Waals surface area contributed by atoms with E-state index >= 15 is 0 Å². The van der Waals surface area contributed by atoms with Gasteiger partial charge in [-0.25, -0.2) is 0 Å². The number of hydrogen-bond acceptors (Lipinski definition) is 3. The van der Waals surface area contributed by atoms with E-state index in [9.17, 15) is 9.59 Å². The van der Waals surface area contributed by atoms with Crippen molar-refractivity contribution in [2.75, 3.05) is 6.61 Å². The number of aliphatic hydroxyl groups is 1. The highest BCUT2D eigenvalue weighted by molar-refractivity contribution is 5.93. The Morgan fingerprint density at radius 1 is 1.38 bits per heavy atom. The molecule has 3 N–H and O–H groups in total. The SMILES string of the molecule is CC(C)[C@@H](CO)NC(=O)CC(=O)O. The highest BCUT2D eigenvalue weighted by Gasteiger charge is 2.16. The molecule has 0 heterocycles. The van der Waals surface area contributed by atoms with Gasteiger partial charge in [-0.3, -0.25) is 9.59 Å². The number of carboxylic acid groups (broad SMARTS) is 1. The number of nitrogens with one attached hydrogen (secondary N) is 1. The van der Waals surface area contributed by atoms with Crippen molar-refractivity contribution in [2.45, 2.75) is 26.3 Å². The molecular weight excluding hydrogens is 174 g/mol. The molecule has 76 valence electrons. The predicted molar refractivity (Wildman–Crippen MR) is 46.1 cm³/mol. The maximum absolute atomic E-state index is 10.9. The summed E-state index contributed by atoms with van der Waals surface area (Å²) in [5, 5.41) is 19.5. The molecule has 13 heavy (non-hydrogen) atoms. The fourth-order valence-electron chi connectivity index (χ4n) is 0.818. The second-order valence-electron chi connectivity index (χ2n) is 3.17. The van der Waals surface area contributed by atoms with Crippen LogP contribution in [0.3, 0.4) is 0 Å². The molecule has 0 spiro atoms. The zero-order valence-electron chi connectivity index (χ0n) is 7.78. The molecule has 0 bridgehead atoms. The maximum Gasteiger partial charge on any atom is 0.312 e. The maximum atomic E-state index is 10.9. The van der Waals surface area contributed by atoms with Crippen molar-refractivity contribution in [1.29, 1.82) is 0 Å². The molecule has 0 unspecified atom stereocenters. The van der Waals surface area contributed by atoms with Crippen LogP contribution in [0.25, 0.3) is 0 Å². The van der Waals surface area contributed by atoms with Crippen LogP contribution in [-0.2, 0) is 9.59 Å². The van der Waals surface area contributed by atoms with E-state index in [2.05, 4.69) is 5.32 Å². The highest BCUT2D eigenvalue weighted by Crippen LogP contribution is 2.00. The molecule has 0 aromatic heterocycles. The molecule has 0 saturated heterocycles. The van der Waals surface area contributed by atoms with Gasteiger partial charge in [0.25, 0.3) is 0 Å². The van der Waals surface area contributed by atoms with Crippen LogP contribution in [0.1, 0.15) is 20.3 Å². The van der Waals surface area contributed by atoms with Crippen LogP contribution < -0.4 is 5.32 Å². The Morgan fingerprint density at radius 2 is 1.92 bits per heavy atom. The van der Waals surface area contributed by atoms with E-state index in [4.69, 9.17) is 10.2 Å². The molecule has 0 aliphatic heterocycles. The minimum Gasteiger partial charge on any atom is -0.481 e. The fraction of sp³-hybridized carbons (Fsp3) is 0.750. The van der Waals surface area contributed by atoms with Crippen molar-refractivity contribution >= 4 is 11.9 Å². The van der Waals surface area contributed by atoms with Gasteiger partial charge in [-0.2, -0.15) is 0 Å². The normalized spacial score (nSPS) is 12.6. The molecule has 0 saturated carbocycles. The van der Waals surface area contributed by atoms with Gasteiger partial charge in [0.15, 0.2) is 0 Å². The number of hydrogen-bond donors (Lipinski definition) is 3. The molecule has 0 radical (unpaired) electrons. The van der Waals surface area contributed by atoms with Crippen molar-refractivity contribution in [3.05, 3.63) is 0 Å². The first-order valence-electron chi connectivity index (χ1n) is 4.09. The predicted octanol–water partition coefficient (Wildman–Crippen LogP) is -0.406. The average Bonchev–Trinajstić information content (AvgIpc) is 1.98. The Labute approximate surface area is 76.8 Å². The smallest absolute Gasteiger partial charge is 0.312 e. The standard InChI is InChI=1S/C8H15NO4/c1-5(2)6(4-10)9-7(11)3-8(12)13/h5-6,10H,3-4H2,1-2H3,(H,9,11)(H,12,13)/t6-/m1/s1. The number of aliphatic hydroxyl groups excluding tert-OH is 1. The summed E-state index contributed by atoms with van der Waals surface area (Å²) >= 11 is 0. The number of rotatable bonds is 5. The Bertz CT molecular complexity index is 191. The summed E-state index contributed by atoms with van der Waals surface area (Å²) in [4.78, 5) is 21.1. The quantitative estimate of drug-likeness (QED) is 0.513. The van der Waals surface area contributed by atoms with Gasteiger partial charge in [-0.05, 0) is 5.92 Å². The summed E-state index contributed by atoms with van der Waals surface area (Å²) in [7, 11) is 0. The molecule has 1 atom stereocenters. The lowest BCUT2D eigenvalue weighted by atomic mass is 10.1. The molecule has 0 aromatic carbocycles. The third-order valence-corrected chi connectivity index (χ3v) is 1.66. The van der Waals surface area contributed by atoms with Gasteiger partial charge in [0.1, 0.15) is 6.42 Å². The molecule has 0 fully saturated rings. The zero-order chi connectivity index (χ0) is 10.4. The van der Waals surface area contributed by atoms with Crippen molar-refractivity contribution in [1.82, 2.24) is 5.32 Å². The molecule has 1 amide bonds. The van der Waals surface area contributed by atoms with Gasteiger partial charge < -0.3 is 15.5 Å². The number of carbonyl (C=O) groups excluding carboxylic acids is 1. The van der Waals surface area contributed by atoms with Gasteiger partial charge >= 0.3 is 5.97 Å². The Balaban J connectivity index is 3.94. The molecular formula is C8H15NO4. The topological polar surface area (TPSA) is 86.6 Å². The van der Waals surface area contributed by atoms with E-state index < -0.39 is 18.3 Å². The Hall–Kier alpha value is -1.10. The molecule has 0 aliphatic rings. The van der Waals surface area contributed by atoms with Gasteiger partial charge in [-0.1, -0.05) is 13.8 Å². The fourth-order valence-corrected chi connectivity index (χ4v) is 0.818. The third kappa shape index (κ3) is 5.19. The van der Waals surface area contributed by atoms with Crippen LogP contribution in [-0.4, -0.2) is 34.7 Å². The van der Waals surface area contributed by atoms with E-state index in [1.807, 2.05) is 13.8 Å². The summed E-state index contributed by atoms with van der Waals surface area (Å²) < 4.78 is 0. The van der Waals surface area contributed by atoms with E-state index in [1.165, 1.54) is 0 Å². The summed E-state index contributed by atoms with van der Waals surface area (Å²) in [6.07, 6.45) is -0.552. The average molecular weight is 189 g/mol. The van der Waals surface area contributed by atoms with Gasteiger partial charge in [0.05, 0.1) is 12.6 Å². The summed E-state index contributed by atoms with van der Waals surface area (Å²) in [6, 6.07) is -0.369. The van der Waals surface area contributed by atoms with Crippen molar-refractivity contribution in [3.63, 3.8) is 0 Å². The number of carbonyl (C=O) groups is 2. The van der Waals surface area contributed by atoms with Crippen molar-refractivity contribution in [3.8, 4) is 0 Å². The lowest BCUT2D eigenvalue weighted by molar-refractivity contribution is -0.141. The van der Waals surface area contributed by atoms with E-state index in [-0.39, 0.29) is 18.6 Å². The monoisotopic (exact) mass is 189 g/mol. The summed E-state index contributed by atoms with van der Waals surface area (Å²) in [6.45, 7) is 3.49. The zero-order valence-corrected chi connectivity index (χ0v) is 7.78.